The number of halogens is 1. The lowest BCUT2D eigenvalue weighted by atomic mass is 10.2. The van der Waals surface area contributed by atoms with Crippen molar-refractivity contribution in [2.24, 2.45) is 0 Å². The van der Waals surface area contributed by atoms with Gasteiger partial charge in [0.15, 0.2) is 6.04 Å². The predicted molar refractivity (Wildman–Crippen MR) is 74.2 cm³/mol. The number of aliphatic carboxylic acids is 1. The number of thiophene rings is 2. The first-order chi connectivity index (χ1) is 8.58. The van der Waals surface area contributed by atoms with Gasteiger partial charge in [-0.05, 0) is 33.4 Å². The number of amides is 1. The van der Waals surface area contributed by atoms with Gasteiger partial charge in [-0.2, -0.15) is 0 Å². The Labute approximate surface area is 119 Å². The summed E-state index contributed by atoms with van der Waals surface area (Å²) < 4.78 is 0.829. The van der Waals surface area contributed by atoms with Gasteiger partial charge in [0, 0.05) is 10.3 Å². The molecule has 2 N–H and O–H groups in total. The summed E-state index contributed by atoms with van der Waals surface area (Å²) in [5.74, 6) is -1.46. The molecule has 0 radical (unpaired) electrons. The van der Waals surface area contributed by atoms with E-state index in [4.69, 9.17) is 5.11 Å². The summed E-state index contributed by atoms with van der Waals surface area (Å²) >= 11 is 5.93. The molecule has 1 atom stereocenters. The quantitative estimate of drug-likeness (QED) is 0.894. The van der Waals surface area contributed by atoms with Crippen LogP contribution in [0.15, 0.2) is 32.7 Å². The Hall–Kier alpha value is -1.18. The second-order valence-corrected chi connectivity index (χ2v) is 6.67. The largest absolute Gasteiger partial charge is 0.479 e. The lowest BCUT2D eigenvalue weighted by Gasteiger charge is -2.12. The molecule has 0 saturated heterocycles. The molecule has 0 bridgehead atoms. The molecule has 0 aliphatic heterocycles. The predicted octanol–water partition coefficient (Wildman–Crippen LogP) is 3.13. The first-order valence-electron chi connectivity index (χ1n) is 4.89. The van der Waals surface area contributed by atoms with Gasteiger partial charge in [-0.25, -0.2) is 4.79 Å². The van der Waals surface area contributed by atoms with Crippen LogP contribution in [0.1, 0.15) is 21.3 Å². The van der Waals surface area contributed by atoms with E-state index in [1.807, 2.05) is 0 Å². The SMILES string of the molecule is O=C(NC(C(=O)O)c1cccs1)c1csc(Br)c1. The van der Waals surface area contributed by atoms with E-state index in [-0.39, 0.29) is 0 Å². The number of carbonyl (C=O) groups excluding carboxylic acids is 1. The van der Waals surface area contributed by atoms with Gasteiger partial charge >= 0.3 is 5.97 Å². The van der Waals surface area contributed by atoms with Gasteiger partial charge in [-0.1, -0.05) is 6.07 Å². The van der Waals surface area contributed by atoms with Crippen molar-refractivity contribution in [3.63, 3.8) is 0 Å². The lowest BCUT2D eigenvalue weighted by molar-refractivity contribution is -0.139. The Morgan fingerprint density at radius 3 is 2.67 bits per heavy atom. The molecule has 1 amide bonds. The molecule has 1 unspecified atom stereocenters. The normalized spacial score (nSPS) is 12.1. The van der Waals surface area contributed by atoms with Crippen molar-refractivity contribution in [1.29, 1.82) is 0 Å². The van der Waals surface area contributed by atoms with Crippen LogP contribution in [0.25, 0.3) is 0 Å². The Morgan fingerprint density at radius 2 is 2.17 bits per heavy atom. The average Bonchev–Trinajstić information content (AvgIpc) is 2.95. The number of carboxylic acids is 1. The van der Waals surface area contributed by atoms with Gasteiger partial charge in [-0.15, -0.1) is 22.7 Å². The van der Waals surface area contributed by atoms with Crippen LogP contribution in [0.5, 0.6) is 0 Å². The fraction of sp³-hybridized carbons (Fsp3) is 0.0909. The Morgan fingerprint density at radius 1 is 1.39 bits per heavy atom. The lowest BCUT2D eigenvalue weighted by Crippen LogP contribution is -2.32. The Bertz CT molecular complexity index is 565. The van der Waals surface area contributed by atoms with E-state index in [2.05, 4.69) is 21.2 Å². The molecule has 0 aromatic carbocycles. The van der Waals surface area contributed by atoms with E-state index < -0.39 is 17.9 Å². The number of nitrogens with one attached hydrogen (secondary N) is 1. The highest BCUT2D eigenvalue weighted by molar-refractivity contribution is 9.11. The topological polar surface area (TPSA) is 66.4 Å². The number of rotatable bonds is 4. The zero-order valence-electron chi connectivity index (χ0n) is 8.92. The third-order valence-electron chi connectivity index (χ3n) is 2.18. The summed E-state index contributed by atoms with van der Waals surface area (Å²) in [6.45, 7) is 0. The van der Waals surface area contributed by atoms with Crippen molar-refractivity contribution in [2.45, 2.75) is 6.04 Å². The fourth-order valence-corrected chi connectivity index (χ4v) is 3.26. The first-order valence-corrected chi connectivity index (χ1v) is 7.44. The highest BCUT2D eigenvalue weighted by Crippen LogP contribution is 2.23. The van der Waals surface area contributed by atoms with Crippen molar-refractivity contribution < 1.29 is 14.7 Å². The van der Waals surface area contributed by atoms with Crippen molar-refractivity contribution in [2.75, 3.05) is 0 Å². The van der Waals surface area contributed by atoms with Crippen LogP contribution in [0, 0.1) is 0 Å². The highest BCUT2D eigenvalue weighted by Gasteiger charge is 2.23. The van der Waals surface area contributed by atoms with Crippen LogP contribution in [0.4, 0.5) is 0 Å². The molecule has 0 fully saturated rings. The van der Waals surface area contributed by atoms with E-state index in [9.17, 15) is 9.59 Å². The molecule has 2 aromatic heterocycles. The van der Waals surface area contributed by atoms with Gasteiger partial charge in [0.2, 0.25) is 0 Å². The van der Waals surface area contributed by atoms with Crippen LogP contribution >= 0.6 is 38.6 Å². The van der Waals surface area contributed by atoms with Gasteiger partial charge in [-0.3, -0.25) is 4.79 Å². The van der Waals surface area contributed by atoms with Crippen LogP contribution in [-0.4, -0.2) is 17.0 Å². The molecular weight excluding hydrogens is 338 g/mol. The van der Waals surface area contributed by atoms with Crippen LogP contribution in [0.3, 0.4) is 0 Å². The summed E-state index contributed by atoms with van der Waals surface area (Å²) in [6, 6.07) is 4.10. The zero-order valence-corrected chi connectivity index (χ0v) is 12.1. The third-order valence-corrected chi connectivity index (χ3v) is 4.62. The van der Waals surface area contributed by atoms with Crippen molar-refractivity contribution in [1.82, 2.24) is 5.32 Å². The standard InChI is InChI=1S/C11H8BrNO3S2/c12-8-4-6(5-18-8)10(14)13-9(11(15)16)7-2-1-3-17-7/h1-5,9H,(H,13,14)(H,15,16). The van der Waals surface area contributed by atoms with Gasteiger partial charge < -0.3 is 10.4 Å². The molecule has 2 aromatic rings. The minimum Gasteiger partial charge on any atom is -0.479 e. The summed E-state index contributed by atoms with van der Waals surface area (Å²) in [7, 11) is 0. The molecule has 0 saturated carbocycles. The maximum Gasteiger partial charge on any atom is 0.331 e. The average molecular weight is 346 g/mol. The van der Waals surface area contributed by atoms with Crippen molar-refractivity contribution in [3.8, 4) is 0 Å². The maximum absolute atomic E-state index is 11.9. The van der Waals surface area contributed by atoms with E-state index in [1.165, 1.54) is 22.7 Å². The molecule has 4 nitrogen and oxygen atoms in total. The highest BCUT2D eigenvalue weighted by atomic mass is 79.9. The fourth-order valence-electron chi connectivity index (χ4n) is 1.35. The van der Waals surface area contributed by atoms with Crippen molar-refractivity contribution in [3.05, 3.63) is 43.2 Å². The molecular formula is C11H8BrNO3S2. The molecule has 7 heteroatoms. The molecule has 0 spiro atoms. The second kappa shape index (κ2) is 5.64. The van der Waals surface area contributed by atoms with E-state index in [0.717, 1.165) is 3.79 Å². The van der Waals surface area contributed by atoms with Gasteiger partial charge in [0.1, 0.15) is 0 Å². The van der Waals surface area contributed by atoms with E-state index in [1.54, 1.807) is 29.0 Å². The number of carboxylic acid groups (broad SMARTS) is 1. The monoisotopic (exact) mass is 345 g/mol. The molecule has 2 rings (SSSR count). The van der Waals surface area contributed by atoms with Gasteiger partial charge in [0.05, 0.1) is 9.35 Å². The zero-order chi connectivity index (χ0) is 13.1. The number of hydrogen-bond donors (Lipinski definition) is 2. The van der Waals surface area contributed by atoms with E-state index in [0.29, 0.717) is 10.4 Å². The number of carbonyl (C=O) groups is 2. The first kappa shape index (κ1) is 13.3. The van der Waals surface area contributed by atoms with Crippen LogP contribution in [-0.2, 0) is 4.79 Å². The van der Waals surface area contributed by atoms with Crippen molar-refractivity contribution >= 4 is 50.5 Å². The Kier molecular flexibility index (Phi) is 4.15. The molecule has 2 heterocycles. The minimum absolute atomic E-state index is 0.391. The molecule has 94 valence electrons. The molecule has 0 aliphatic rings. The smallest absolute Gasteiger partial charge is 0.331 e. The summed E-state index contributed by atoms with van der Waals surface area (Å²) in [6.07, 6.45) is 0. The summed E-state index contributed by atoms with van der Waals surface area (Å²) in [5.41, 5.74) is 0.453. The Balaban J connectivity index is 2.15. The van der Waals surface area contributed by atoms with Gasteiger partial charge in [0.25, 0.3) is 5.91 Å². The molecule has 18 heavy (non-hydrogen) atoms. The molecule has 0 aliphatic carbocycles. The van der Waals surface area contributed by atoms with E-state index >= 15 is 0 Å². The third kappa shape index (κ3) is 2.98. The van der Waals surface area contributed by atoms with Crippen LogP contribution < -0.4 is 5.32 Å². The number of hydrogen-bond acceptors (Lipinski definition) is 4. The second-order valence-electron chi connectivity index (χ2n) is 3.40. The maximum atomic E-state index is 11.9. The minimum atomic E-state index is -1.07. The van der Waals surface area contributed by atoms with Crippen LogP contribution in [0.2, 0.25) is 0 Å². The summed E-state index contributed by atoms with van der Waals surface area (Å²) in [4.78, 5) is 23.6. The summed E-state index contributed by atoms with van der Waals surface area (Å²) in [5, 5.41) is 15.1.